The highest BCUT2D eigenvalue weighted by Gasteiger charge is 2.26. The number of esters is 1. The number of carbonyl (C=O) groups excluding carboxylic acids is 2. The topological polar surface area (TPSA) is 84.1 Å². The van der Waals surface area contributed by atoms with Gasteiger partial charge in [-0.05, 0) is 37.1 Å². The molecule has 1 aromatic heterocycles. The first kappa shape index (κ1) is 14.6. The zero-order valence-electron chi connectivity index (χ0n) is 11.9. The van der Waals surface area contributed by atoms with Crippen LogP contribution in [0.1, 0.15) is 45.3 Å². The number of anilines is 1. The van der Waals surface area contributed by atoms with Crippen molar-refractivity contribution in [2.75, 3.05) is 12.4 Å². The summed E-state index contributed by atoms with van der Waals surface area (Å²) in [5, 5.41) is 9.84. The molecule has 3 rings (SSSR count). The molecule has 1 aliphatic rings. The Hall–Kier alpha value is -2.34. The smallest absolute Gasteiger partial charge is 0.339 e. The molecule has 0 unspecified atom stereocenters. The van der Waals surface area contributed by atoms with E-state index in [4.69, 9.17) is 11.6 Å². The van der Waals surface area contributed by atoms with Crippen LogP contribution in [0.5, 0.6) is 0 Å². The number of halogens is 1. The first-order valence-corrected chi connectivity index (χ1v) is 7.21. The average molecular weight is 320 g/mol. The van der Waals surface area contributed by atoms with Crippen LogP contribution in [0, 0.1) is 0 Å². The first-order valence-electron chi connectivity index (χ1n) is 6.83. The second kappa shape index (κ2) is 5.81. The summed E-state index contributed by atoms with van der Waals surface area (Å²) >= 11 is 5.94. The van der Waals surface area contributed by atoms with E-state index in [-0.39, 0.29) is 16.5 Å². The van der Waals surface area contributed by atoms with Gasteiger partial charge < -0.3 is 10.1 Å². The molecule has 0 radical (unpaired) electrons. The molecule has 0 saturated heterocycles. The maximum Gasteiger partial charge on any atom is 0.339 e. The van der Waals surface area contributed by atoms with Crippen LogP contribution in [0.4, 0.5) is 5.69 Å². The normalized spacial score (nSPS) is 13.7. The van der Waals surface area contributed by atoms with E-state index in [1.165, 1.54) is 19.2 Å². The van der Waals surface area contributed by atoms with E-state index in [0.29, 0.717) is 17.3 Å². The lowest BCUT2D eigenvalue weighted by molar-refractivity contribution is 0.0600. The minimum atomic E-state index is -0.558. The number of benzene rings is 1. The Labute approximate surface area is 131 Å². The van der Waals surface area contributed by atoms with Gasteiger partial charge in [-0.15, -0.1) is 0 Å². The van der Waals surface area contributed by atoms with Gasteiger partial charge in [-0.3, -0.25) is 9.89 Å². The maximum atomic E-state index is 12.2. The van der Waals surface area contributed by atoms with Gasteiger partial charge in [0.25, 0.3) is 5.91 Å². The minimum Gasteiger partial charge on any atom is -0.465 e. The van der Waals surface area contributed by atoms with Gasteiger partial charge in [0.05, 0.1) is 17.7 Å². The van der Waals surface area contributed by atoms with Crippen LogP contribution < -0.4 is 5.32 Å². The van der Waals surface area contributed by atoms with Crippen molar-refractivity contribution >= 4 is 29.2 Å². The summed E-state index contributed by atoms with van der Waals surface area (Å²) in [6.07, 6.45) is 2.26. The number of hydrogen-bond donors (Lipinski definition) is 2. The fourth-order valence-electron chi connectivity index (χ4n) is 2.12. The summed E-state index contributed by atoms with van der Waals surface area (Å²) in [6, 6.07) is 6.37. The zero-order chi connectivity index (χ0) is 15.7. The third-order valence-electron chi connectivity index (χ3n) is 3.48. The van der Waals surface area contributed by atoms with Crippen LogP contribution >= 0.6 is 11.6 Å². The maximum absolute atomic E-state index is 12.2. The zero-order valence-corrected chi connectivity index (χ0v) is 12.6. The number of aromatic nitrogens is 2. The molecule has 0 aliphatic heterocycles. The van der Waals surface area contributed by atoms with E-state index in [2.05, 4.69) is 20.3 Å². The van der Waals surface area contributed by atoms with Crippen LogP contribution in [-0.4, -0.2) is 29.2 Å². The van der Waals surface area contributed by atoms with Gasteiger partial charge in [-0.1, -0.05) is 11.6 Å². The Morgan fingerprint density at radius 1 is 1.36 bits per heavy atom. The van der Waals surface area contributed by atoms with Crippen molar-refractivity contribution in [1.82, 2.24) is 10.2 Å². The number of methoxy groups -OCH3 is 1. The first-order chi connectivity index (χ1) is 10.6. The summed E-state index contributed by atoms with van der Waals surface area (Å²) in [7, 11) is 1.27. The van der Waals surface area contributed by atoms with E-state index < -0.39 is 5.97 Å². The second-order valence-corrected chi connectivity index (χ2v) is 5.53. The molecule has 1 fully saturated rings. The largest absolute Gasteiger partial charge is 0.465 e. The van der Waals surface area contributed by atoms with Gasteiger partial charge in [-0.2, -0.15) is 5.10 Å². The van der Waals surface area contributed by atoms with E-state index in [1.807, 2.05) is 0 Å². The molecular formula is C15H14ClN3O3. The molecular weight excluding hydrogens is 306 g/mol. The number of nitrogens with one attached hydrogen (secondary N) is 2. The third-order valence-corrected chi connectivity index (χ3v) is 3.81. The fourth-order valence-corrected chi connectivity index (χ4v) is 2.32. The van der Waals surface area contributed by atoms with Crippen LogP contribution in [0.3, 0.4) is 0 Å². The monoisotopic (exact) mass is 319 g/mol. The van der Waals surface area contributed by atoms with Crippen molar-refractivity contribution in [3.05, 3.63) is 46.2 Å². The molecule has 2 N–H and O–H groups in total. The van der Waals surface area contributed by atoms with Crippen molar-refractivity contribution in [3.8, 4) is 0 Å². The fraction of sp³-hybridized carbons (Fsp3) is 0.267. The summed E-state index contributed by atoms with van der Waals surface area (Å²) in [6.45, 7) is 0. The number of amides is 1. The number of aromatic amines is 1. The molecule has 6 nitrogen and oxygen atoms in total. The lowest BCUT2D eigenvalue weighted by Gasteiger charge is -2.07. The van der Waals surface area contributed by atoms with Crippen LogP contribution in [-0.2, 0) is 4.74 Å². The highest BCUT2D eigenvalue weighted by atomic mass is 35.5. The Balaban J connectivity index is 1.76. The van der Waals surface area contributed by atoms with Crippen molar-refractivity contribution in [2.24, 2.45) is 0 Å². The van der Waals surface area contributed by atoms with Crippen molar-refractivity contribution in [3.63, 3.8) is 0 Å². The Bertz CT molecular complexity index is 737. The van der Waals surface area contributed by atoms with Crippen molar-refractivity contribution < 1.29 is 14.3 Å². The molecule has 1 amide bonds. The Morgan fingerprint density at radius 3 is 2.82 bits per heavy atom. The number of carbonyl (C=O) groups is 2. The summed E-state index contributed by atoms with van der Waals surface area (Å²) in [4.78, 5) is 23.8. The standard InChI is InChI=1S/C15H14ClN3O3/c1-22-15(21)10-6-9(4-5-11(10)16)17-14(20)13-7-12(18-19-13)8-2-3-8/h4-8H,2-3H2,1H3,(H,17,20)(H,18,19). The van der Waals surface area contributed by atoms with Crippen molar-refractivity contribution in [1.29, 1.82) is 0 Å². The highest BCUT2D eigenvalue weighted by molar-refractivity contribution is 6.33. The van der Waals surface area contributed by atoms with Gasteiger partial charge in [0.1, 0.15) is 0 Å². The number of H-pyrrole nitrogens is 1. The van der Waals surface area contributed by atoms with Gasteiger partial charge in [-0.25, -0.2) is 4.79 Å². The molecule has 114 valence electrons. The van der Waals surface area contributed by atoms with Gasteiger partial charge in [0, 0.05) is 17.3 Å². The predicted molar refractivity (Wildman–Crippen MR) is 81.3 cm³/mol. The summed E-state index contributed by atoms with van der Waals surface area (Å²) < 4.78 is 4.64. The quantitative estimate of drug-likeness (QED) is 0.848. The molecule has 22 heavy (non-hydrogen) atoms. The summed E-state index contributed by atoms with van der Waals surface area (Å²) in [5.74, 6) is -0.409. The molecule has 7 heteroatoms. The van der Waals surface area contributed by atoms with Gasteiger partial charge in [0.15, 0.2) is 5.69 Å². The molecule has 0 atom stereocenters. The van der Waals surface area contributed by atoms with Crippen molar-refractivity contribution in [2.45, 2.75) is 18.8 Å². The van der Waals surface area contributed by atoms with E-state index in [0.717, 1.165) is 18.5 Å². The molecule has 1 aromatic carbocycles. The van der Waals surface area contributed by atoms with Gasteiger partial charge in [0.2, 0.25) is 0 Å². The number of ether oxygens (including phenoxy) is 1. The number of hydrogen-bond acceptors (Lipinski definition) is 4. The van der Waals surface area contributed by atoms with E-state index in [1.54, 1.807) is 12.1 Å². The van der Waals surface area contributed by atoms with E-state index in [9.17, 15) is 9.59 Å². The number of rotatable bonds is 4. The number of nitrogens with zero attached hydrogens (tertiary/aromatic N) is 1. The Kier molecular flexibility index (Phi) is 3.85. The summed E-state index contributed by atoms with van der Waals surface area (Å²) in [5.41, 5.74) is 1.95. The molecule has 1 aliphatic carbocycles. The van der Waals surface area contributed by atoms with E-state index >= 15 is 0 Å². The lowest BCUT2D eigenvalue weighted by Crippen LogP contribution is -2.13. The van der Waals surface area contributed by atoms with Crippen LogP contribution in [0.25, 0.3) is 0 Å². The second-order valence-electron chi connectivity index (χ2n) is 5.12. The molecule has 2 aromatic rings. The molecule has 0 bridgehead atoms. The lowest BCUT2D eigenvalue weighted by atomic mass is 10.2. The molecule has 1 heterocycles. The Morgan fingerprint density at radius 2 is 2.14 bits per heavy atom. The van der Waals surface area contributed by atoms with Gasteiger partial charge >= 0.3 is 5.97 Å². The SMILES string of the molecule is COC(=O)c1cc(NC(=O)c2cc(C3CC3)[nH]n2)ccc1Cl. The molecule has 1 saturated carbocycles. The van der Waals surface area contributed by atoms with Crippen LogP contribution in [0.15, 0.2) is 24.3 Å². The predicted octanol–water partition coefficient (Wildman–Crippen LogP) is 2.98. The average Bonchev–Trinajstić information content (AvgIpc) is 3.25. The van der Waals surface area contributed by atoms with Crippen LogP contribution in [0.2, 0.25) is 5.02 Å². The third kappa shape index (κ3) is 2.96. The minimum absolute atomic E-state index is 0.197. The molecule has 0 spiro atoms. The highest BCUT2D eigenvalue weighted by Crippen LogP contribution is 2.39.